The smallest absolute Gasteiger partial charge is 0.261 e. The second kappa shape index (κ2) is 6.22. The number of methoxy groups -OCH3 is 1. The van der Waals surface area contributed by atoms with Gasteiger partial charge in [-0.05, 0) is 30.3 Å². The Balaban J connectivity index is 1.98. The summed E-state index contributed by atoms with van der Waals surface area (Å²) in [6, 6.07) is 6.83. The molecular formula is C17H13Cl2NO5. The van der Waals surface area contributed by atoms with E-state index in [-0.39, 0.29) is 38.4 Å². The lowest BCUT2D eigenvalue weighted by Gasteiger charge is -2.20. The number of phenols is 1. The van der Waals surface area contributed by atoms with Gasteiger partial charge in [-0.1, -0.05) is 23.2 Å². The molecule has 25 heavy (non-hydrogen) atoms. The average Bonchev–Trinajstić information content (AvgIpc) is 2.80. The van der Waals surface area contributed by atoms with Gasteiger partial charge in [-0.2, -0.15) is 0 Å². The molecule has 2 aromatic carbocycles. The van der Waals surface area contributed by atoms with Gasteiger partial charge in [-0.3, -0.25) is 9.59 Å². The number of fused-ring (bicyclic) bond motifs is 1. The van der Waals surface area contributed by atoms with Gasteiger partial charge >= 0.3 is 0 Å². The summed E-state index contributed by atoms with van der Waals surface area (Å²) >= 11 is 12.0. The van der Waals surface area contributed by atoms with Gasteiger partial charge in [0, 0.05) is 16.1 Å². The van der Waals surface area contributed by atoms with Gasteiger partial charge in [0.25, 0.3) is 5.91 Å². The molecule has 1 aliphatic heterocycles. The minimum absolute atomic E-state index is 0.111. The average molecular weight is 382 g/mol. The van der Waals surface area contributed by atoms with Crippen LogP contribution in [0.2, 0.25) is 10.0 Å². The van der Waals surface area contributed by atoms with Gasteiger partial charge in [-0.15, -0.1) is 0 Å². The number of nitrogens with one attached hydrogen (secondary N) is 1. The summed E-state index contributed by atoms with van der Waals surface area (Å²) in [4.78, 5) is 24.8. The highest BCUT2D eigenvalue weighted by atomic mass is 35.5. The van der Waals surface area contributed by atoms with Gasteiger partial charge in [0.15, 0.2) is 22.9 Å². The van der Waals surface area contributed by atoms with Gasteiger partial charge in [-0.25, -0.2) is 0 Å². The highest BCUT2D eigenvalue weighted by molar-refractivity contribution is 6.37. The van der Waals surface area contributed by atoms with E-state index in [1.54, 1.807) is 0 Å². The van der Waals surface area contributed by atoms with Gasteiger partial charge in [0.05, 0.1) is 24.2 Å². The number of aliphatic hydroxyl groups is 1. The fourth-order valence-corrected chi connectivity index (χ4v) is 3.27. The number of amides is 1. The summed E-state index contributed by atoms with van der Waals surface area (Å²) in [5, 5.41) is 23.3. The molecule has 0 aromatic heterocycles. The van der Waals surface area contributed by atoms with Gasteiger partial charge < -0.3 is 20.3 Å². The number of ether oxygens (including phenoxy) is 1. The number of hydrogen-bond acceptors (Lipinski definition) is 5. The first-order valence-electron chi connectivity index (χ1n) is 7.20. The van der Waals surface area contributed by atoms with Crippen LogP contribution in [0.4, 0.5) is 5.69 Å². The number of aromatic hydroxyl groups is 1. The van der Waals surface area contributed by atoms with Crippen molar-refractivity contribution in [3.63, 3.8) is 0 Å². The Morgan fingerprint density at radius 2 is 2.00 bits per heavy atom. The standard InChI is InChI=1S/C17H13Cl2NO5/c1-25-14-4-8(2-3-12(14)21)13(22)7-17(24)10-5-9(18)6-11(19)15(10)20-16(17)23/h2-6,21,24H,7H2,1H3,(H,20,23)/t17-/m0/s1. The number of phenolic OH excluding ortho intramolecular Hbond substituents is 1. The monoisotopic (exact) mass is 381 g/mol. The van der Waals surface area contributed by atoms with Crippen LogP contribution in [0.3, 0.4) is 0 Å². The Morgan fingerprint density at radius 1 is 1.28 bits per heavy atom. The molecule has 0 aliphatic carbocycles. The topological polar surface area (TPSA) is 95.9 Å². The molecule has 0 unspecified atom stereocenters. The summed E-state index contributed by atoms with van der Waals surface area (Å²) in [5.41, 5.74) is -1.53. The first-order chi connectivity index (χ1) is 11.8. The van der Waals surface area contributed by atoms with E-state index in [4.69, 9.17) is 27.9 Å². The summed E-state index contributed by atoms with van der Waals surface area (Å²) in [6.07, 6.45) is -0.517. The van der Waals surface area contributed by atoms with Crippen LogP contribution in [0.5, 0.6) is 11.5 Å². The number of rotatable bonds is 4. The van der Waals surface area contributed by atoms with E-state index >= 15 is 0 Å². The Bertz CT molecular complexity index is 899. The molecule has 0 fully saturated rings. The molecule has 1 aliphatic rings. The Morgan fingerprint density at radius 3 is 2.68 bits per heavy atom. The minimum Gasteiger partial charge on any atom is -0.504 e. The maximum Gasteiger partial charge on any atom is 0.261 e. The highest BCUT2D eigenvalue weighted by Gasteiger charge is 2.47. The number of carbonyl (C=O) groups is 2. The van der Waals surface area contributed by atoms with Crippen molar-refractivity contribution in [2.24, 2.45) is 0 Å². The third-order valence-electron chi connectivity index (χ3n) is 4.03. The minimum atomic E-state index is -2.09. The summed E-state index contributed by atoms with van der Waals surface area (Å²) < 4.78 is 4.96. The predicted molar refractivity (Wildman–Crippen MR) is 92.6 cm³/mol. The number of carbonyl (C=O) groups excluding carboxylic acids is 2. The van der Waals surface area contributed by atoms with Crippen molar-refractivity contribution < 1.29 is 24.5 Å². The quantitative estimate of drug-likeness (QED) is 0.707. The molecule has 0 radical (unpaired) electrons. The molecule has 8 heteroatoms. The van der Waals surface area contributed by atoms with Crippen molar-refractivity contribution in [3.05, 3.63) is 51.5 Å². The lowest BCUT2D eigenvalue weighted by atomic mass is 9.88. The van der Waals surface area contributed by atoms with Gasteiger partial charge in [0.2, 0.25) is 0 Å². The van der Waals surface area contributed by atoms with Crippen molar-refractivity contribution in [3.8, 4) is 11.5 Å². The molecule has 3 rings (SSSR count). The largest absolute Gasteiger partial charge is 0.504 e. The maximum absolute atomic E-state index is 12.6. The number of benzene rings is 2. The van der Waals surface area contributed by atoms with E-state index in [1.807, 2.05) is 0 Å². The van der Waals surface area contributed by atoms with Crippen LogP contribution in [0, 0.1) is 0 Å². The molecule has 1 heterocycles. The molecule has 0 spiro atoms. The van der Waals surface area contributed by atoms with Crippen LogP contribution in [-0.2, 0) is 10.4 Å². The molecule has 6 nitrogen and oxygen atoms in total. The SMILES string of the molecule is COc1cc(C(=O)C[C@@]2(O)C(=O)Nc3c(Cl)cc(Cl)cc32)ccc1O. The highest BCUT2D eigenvalue weighted by Crippen LogP contribution is 2.44. The third-order valence-corrected chi connectivity index (χ3v) is 4.55. The van der Waals surface area contributed by atoms with Crippen LogP contribution in [0.25, 0.3) is 0 Å². The Kier molecular flexibility index (Phi) is 4.36. The molecule has 0 saturated carbocycles. The van der Waals surface area contributed by atoms with Crippen molar-refractivity contribution in [2.45, 2.75) is 12.0 Å². The first-order valence-corrected chi connectivity index (χ1v) is 7.95. The fraction of sp³-hybridized carbons (Fsp3) is 0.176. The molecule has 1 amide bonds. The maximum atomic E-state index is 12.6. The number of halogens is 2. The predicted octanol–water partition coefficient (Wildman–Crippen LogP) is 3.12. The van der Waals surface area contributed by atoms with E-state index in [0.717, 1.165) is 0 Å². The zero-order valence-corrected chi connectivity index (χ0v) is 14.5. The second-order valence-electron chi connectivity index (χ2n) is 5.61. The Hall–Kier alpha value is -2.28. The molecule has 0 saturated heterocycles. The normalized spacial score (nSPS) is 18.6. The van der Waals surface area contributed by atoms with Crippen molar-refractivity contribution in [1.82, 2.24) is 0 Å². The first kappa shape index (κ1) is 17.5. The number of hydrogen-bond donors (Lipinski definition) is 3. The van der Waals surface area contributed by atoms with Crippen molar-refractivity contribution in [1.29, 1.82) is 0 Å². The van der Waals surface area contributed by atoms with Crippen molar-refractivity contribution in [2.75, 3.05) is 12.4 Å². The zero-order valence-electron chi connectivity index (χ0n) is 13.0. The van der Waals surface area contributed by atoms with E-state index in [0.29, 0.717) is 0 Å². The molecule has 3 N–H and O–H groups in total. The second-order valence-corrected chi connectivity index (χ2v) is 6.45. The summed E-state index contributed by atoms with van der Waals surface area (Å²) in [5.74, 6) is -1.29. The fourth-order valence-electron chi connectivity index (χ4n) is 2.73. The van der Waals surface area contributed by atoms with Crippen molar-refractivity contribution >= 4 is 40.6 Å². The summed E-state index contributed by atoms with van der Waals surface area (Å²) in [7, 11) is 1.35. The van der Waals surface area contributed by atoms with Gasteiger partial charge in [0.1, 0.15) is 0 Å². The van der Waals surface area contributed by atoms with Crippen LogP contribution in [-0.4, -0.2) is 29.0 Å². The molecular weight excluding hydrogens is 369 g/mol. The number of anilines is 1. The van der Waals surface area contributed by atoms with Crippen LogP contribution in [0.15, 0.2) is 30.3 Å². The lowest BCUT2D eigenvalue weighted by Crippen LogP contribution is -2.36. The molecule has 1 atom stereocenters. The van der Waals surface area contributed by atoms with E-state index in [1.165, 1.54) is 37.4 Å². The number of ketones is 1. The van der Waals surface area contributed by atoms with E-state index in [9.17, 15) is 19.8 Å². The summed E-state index contributed by atoms with van der Waals surface area (Å²) in [6.45, 7) is 0. The molecule has 130 valence electrons. The van der Waals surface area contributed by atoms with E-state index < -0.39 is 23.7 Å². The van der Waals surface area contributed by atoms with Crippen LogP contribution in [0.1, 0.15) is 22.3 Å². The van der Waals surface area contributed by atoms with Crippen LogP contribution < -0.4 is 10.1 Å². The van der Waals surface area contributed by atoms with Crippen LogP contribution >= 0.6 is 23.2 Å². The molecule has 2 aromatic rings. The zero-order chi connectivity index (χ0) is 18.4. The third kappa shape index (κ3) is 2.93. The van der Waals surface area contributed by atoms with E-state index in [2.05, 4.69) is 5.32 Å². The lowest BCUT2D eigenvalue weighted by molar-refractivity contribution is -0.133. The molecule has 0 bridgehead atoms. The number of Topliss-reactive ketones (excluding diaryl/α,β-unsaturated/α-hetero) is 1. The Labute approximate surface area is 152 Å².